The van der Waals surface area contributed by atoms with Gasteiger partial charge in [-0.15, -0.1) is 0 Å². The van der Waals surface area contributed by atoms with Crippen molar-refractivity contribution in [2.75, 3.05) is 14.2 Å². The van der Waals surface area contributed by atoms with Gasteiger partial charge in [0.05, 0.1) is 23.9 Å². The van der Waals surface area contributed by atoms with E-state index in [1.165, 1.54) is 20.2 Å². The highest BCUT2D eigenvalue weighted by Gasteiger charge is 2.13. The van der Waals surface area contributed by atoms with Crippen molar-refractivity contribution in [1.82, 2.24) is 10.3 Å². The number of aryl methyl sites for hydroxylation is 1. The summed E-state index contributed by atoms with van der Waals surface area (Å²) >= 11 is 0. The third-order valence-electron chi connectivity index (χ3n) is 2.29. The Morgan fingerprint density at radius 2 is 2.22 bits per heavy atom. The fourth-order valence-corrected chi connectivity index (χ4v) is 1.44. The van der Waals surface area contributed by atoms with Crippen molar-refractivity contribution in [3.05, 3.63) is 35.0 Å². The van der Waals surface area contributed by atoms with Crippen molar-refractivity contribution >= 4 is 17.8 Å². The molecule has 1 heterocycles. The Bertz CT molecular complexity index is 509. The molecule has 18 heavy (non-hydrogen) atoms. The summed E-state index contributed by atoms with van der Waals surface area (Å²) in [5.74, 6) is -0.672. The first-order valence-corrected chi connectivity index (χ1v) is 5.22. The zero-order valence-electron chi connectivity index (χ0n) is 10.4. The summed E-state index contributed by atoms with van der Waals surface area (Å²) in [6, 6.07) is 3.04. The number of pyridine rings is 1. The molecule has 0 unspecified atom stereocenters. The van der Waals surface area contributed by atoms with Crippen molar-refractivity contribution in [3.63, 3.8) is 0 Å². The van der Waals surface area contributed by atoms with Crippen LogP contribution >= 0.6 is 0 Å². The minimum Gasteiger partial charge on any atom is -0.494 e. The van der Waals surface area contributed by atoms with Gasteiger partial charge in [-0.25, -0.2) is 4.79 Å². The third kappa shape index (κ3) is 2.85. The Morgan fingerprint density at radius 1 is 1.56 bits per heavy atom. The molecule has 0 saturated carbocycles. The number of nitrogens with zero attached hydrogens (tertiary/aromatic N) is 1. The molecule has 96 valence electrons. The summed E-state index contributed by atoms with van der Waals surface area (Å²) in [6.07, 6.45) is 0.967. The van der Waals surface area contributed by atoms with E-state index in [0.29, 0.717) is 17.0 Å². The number of aromatic nitrogens is 1. The van der Waals surface area contributed by atoms with Crippen LogP contribution < -0.4 is 5.32 Å². The van der Waals surface area contributed by atoms with E-state index in [4.69, 9.17) is 5.41 Å². The van der Waals surface area contributed by atoms with Gasteiger partial charge in [0.25, 0.3) is 0 Å². The molecule has 0 aliphatic rings. The second-order valence-corrected chi connectivity index (χ2v) is 3.53. The van der Waals surface area contributed by atoms with Crippen LogP contribution in [0, 0.1) is 12.3 Å². The predicted octanol–water partition coefficient (Wildman–Crippen LogP) is 1.27. The highest BCUT2D eigenvalue weighted by molar-refractivity contribution is 6.08. The largest absolute Gasteiger partial charge is 0.494 e. The van der Waals surface area contributed by atoms with Gasteiger partial charge in [0.15, 0.2) is 5.88 Å². The van der Waals surface area contributed by atoms with E-state index in [1.807, 2.05) is 0 Å². The lowest BCUT2D eigenvalue weighted by Gasteiger charge is -2.08. The van der Waals surface area contributed by atoms with Crippen molar-refractivity contribution < 1.29 is 14.6 Å². The van der Waals surface area contributed by atoms with Gasteiger partial charge < -0.3 is 20.6 Å². The second kappa shape index (κ2) is 5.81. The maximum atomic E-state index is 11.5. The average molecular weight is 249 g/mol. The van der Waals surface area contributed by atoms with Crippen LogP contribution in [0.5, 0.6) is 0 Å². The van der Waals surface area contributed by atoms with Crippen LogP contribution in [0.2, 0.25) is 0 Å². The van der Waals surface area contributed by atoms with E-state index in [-0.39, 0.29) is 11.5 Å². The normalized spacial score (nSPS) is 11.5. The summed E-state index contributed by atoms with van der Waals surface area (Å²) in [5, 5.41) is 19.4. The molecular formula is C12H15N3O3. The second-order valence-electron chi connectivity index (χ2n) is 3.53. The molecule has 6 nitrogen and oxygen atoms in total. The molecule has 0 aliphatic heterocycles. The van der Waals surface area contributed by atoms with Gasteiger partial charge in [-0.2, -0.15) is 0 Å². The lowest BCUT2D eigenvalue weighted by atomic mass is 10.1. The number of ether oxygens (including phenoxy) is 1. The van der Waals surface area contributed by atoms with Gasteiger partial charge in [-0.05, 0) is 19.1 Å². The number of carbonyl (C=O) groups is 1. The first kappa shape index (κ1) is 13.7. The summed E-state index contributed by atoms with van der Waals surface area (Å²) in [7, 11) is 2.81. The molecule has 0 fully saturated rings. The number of aliphatic hydroxyl groups is 1. The van der Waals surface area contributed by atoms with Crippen LogP contribution in [0.4, 0.5) is 0 Å². The van der Waals surface area contributed by atoms with Crippen LogP contribution in [0.25, 0.3) is 5.57 Å². The molecule has 0 radical (unpaired) electrons. The first-order valence-electron chi connectivity index (χ1n) is 5.22. The van der Waals surface area contributed by atoms with Crippen LogP contribution in [-0.4, -0.2) is 36.4 Å². The molecule has 1 aromatic heterocycles. The topological polar surface area (TPSA) is 95.3 Å². The molecule has 0 spiro atoms. The Kier molecular flexibility index (Phi) is 4.42. The highest BCUT2D eigenvalue weighted by atomic mass is 16.5. The van der Waals surface area contributed by atoms with Crippen LogP contribution in [0.15, 0.2) is 18.0 Å². The number of allylic oxidation sites excluding steroid dienone is 1. The molecule has 0 saturated heterocycles. The zero-order chi connectivity index (χ0) is 13.7. The van der Waals surface area contributed by atoms with E-state index in [9.17, 15) is 9.90 Å². The molecule has 6 heteroatoms. The molecule has 1 rings (SSSR count). The number of methoxy groups -OCH3 is 1. The summed E-state index contributed by atoms with van der Waals surface area (Å²) in [4.78, 5) is 15.6. The van der Waals surface area contributed by atoms with Gasteiger partial charge in [-0.3, -0.25) is 4.98 Å². The van der Waals surface area contributed by atoms with Crippen LogP contribution in [-0.2, 0) is 4.74 Å². The Labute approximate surface area is 105 Å². The number of rotatable bonds is 4. The van der Waals surface area contributed by atoms with Crippen molar-refractivity contribution in [3.8, 4) is 0 Å². The lowest BCUT2D eigenvalue weighted by Crippen LogP contribution is -2.11. The monoisotopic (exact) mass is 249 g/mol. The number of aliphatic hydroxyl groups excluding tert-OH is 1. The minimum atomic E-state index is -0.491. The SMILES string of the molecule is CN/C(O)=C(\C=N)c1cc(C(=O)OC)cc(C)n1. The molecule has 0 aliphatic carbocycles. The molecule has 1 aromatic rings. The predicted molar refractivity (Wildman–Crippen MR) is 67.7 cm³/mol. The zero-order valence-corrected chi connectivity index (χ0v) is 10.4. The van der Waals surface area contributed by atoms with Gasteiger partial charge >= 0.3 is 5.97 Å². The third-order valence-corrected chi connectivity index (χ3v) is 2.29. The maximum absolute atomic E-state index is 11.5. The molecule has 3 N–H and O–H groups in total. The Hall–Kier alpha value is -2.37. The molecule has 0 aromatic carbocycles. The van der Waals surface area contributed by atoms with Crippen LogP contribution in [0.1, 0.15) is 21.7 Å². The van der Waals surface area contributed by atoms with Gasteiger partial charge in [0.2, 0.25) is 0 Å². The molecule has 0 bridgehead atoms. The smallest absolute Gasteiger partial charge is 0.337 e. The van der Waals surface area contributed by atoms with E-state index in [0.717, 1.165) is 6.21 Å². The quantitative estimate of drug-likeness (QED) is 0.424. The van der Waals surface area contributed by atoms with E-state index < -0.39 is 5.97 Å². The van der Waals surface area contributed by atoms with E-state index >= 15 is 0 Å². The minimum absolute atomic E-state index is 0.182. The number of nitrogens with one attached hydrogen (secondary N) is 2. The van der Waals surface area contributed by atoms with Gasteiger partial charge in [-0.1, -0.05) is 0 Å². The standard InChI is InChI=1S/C12H15N3O3/c1-7-4-8(12(17)18-3)5-10(15-7)9(6-13)11(16)14-2/h4-6,13-14,16H,1-3H3/b11-9-,13-6?. The van der Waals surface area contributed by atoms with Gasteiger partial charge in [0.1, 0.15) is 0 Å². The maximum Gasteiger partial charge on any atom is 0.337 e. The average Bonchev–Trinajstić information content (AvgIpc) is 2.37. The van der Waals surface area contributed by atoms with E-state index in [1.54, 1.807) is 13.0 Å². The molecule has 0 amide bonds. The highest BCUT2D eigenvalue weighted by Crippen LogP contribution is 2.15. The molecular weight excluding hydrogens is 234 g/mol. The fourth-order valence-electron chi connectivity index (χ4n) is 1.44. The lowest BCUT2D eigenvalue weighted by molar-refractivity contribution is 0.0600. The van der Waals surface area contributed by atoms with Crippen molar-refractivity contribution in [2.24, 2.45) is 0 Å². The van der Waals surface area contributed by atoms with E-state index in [2.05, 4.69) is 15.0 Å². The summed E-state index contributed by atoms with van der Waals surface area (Å²) < 4.78 is 4.63. The summed E-state index contributed by atoms with van der Waals surface area (Å²) in [6.45, 7) is 1.72. The van der Waals surface area contributed by atoms with Gasteiger partial charge in [0, 0.05) is 19.0 Å². The number of hydrogen-bond acceptors (Lipinski definition) is 6. The van der Waals surface area contributed by atoms with Crippen molar-refractivity contribution in [1.29, 1.82) is 5.41 Å². The summed E-state index contributed by atoms with van der Waals surface area (Å²) in [5.41, 5.74) is 1.45. The number of carbonyl (C=O) groups excluding carboxylic acids is 1. The number of esters is 1. The Morgan fingerprint density at radius 3 is 2.72 bits per heavy atom. The molecule has 0 atom stereocenters. The number of hydrogen-bond donors (Lipinski definition) is 3. The fraction of sp³-hybridized carbons (Fsp3) is 0.250. The van der Waals surface area contributed by atoms with Crippen molar-refractivity contribution in [2.45, 2.75) is 6.92 Å². The Balaban J connectivity index is 3.37. The van der Waals surface area contributed by atoms with Crippen LogP contribution in [0.3, 0.4) is 0 Å². The first-order chi connectivity index (χ1) is 8.53.